The van der Waals surface area contributed by atoms with E-state index >= 15 is 0 Å². The zero-order valence-electron chi connectivity index (χ0n) is 12.6. The van der Waals surface area contributed by atoms with Crippen LogP contribution in [0.4, 0.5) is 0 Å². The van der Waals surface area contributed by atoms with Crippen LogP contribution in [0.5, 0.6) is 0 Å². The molecule has 0 spiro atoms. The average molecular weight is 321 g/mol. The Morgan fingerprint density at radius 1 is 1.05 bits per heavy atom. The second kappa shape index (κ2) is 10.2. The molecule has 0 saturated carbocycles. The number of aliphatic hydroxyl groups is 4. The van der Waals surface area contributed by atoms with Crippen LogP contribution in [0.15, 0.2) is 0 Å². The number of rotatable bonds is 10. The predicted octanol–water partition coefficient (Wildman–Crippen LogP) is -1.72. The highest BCUT2D eigenvalue weighted by Crippen LogP contribution is 2.22. The van der Waals surface area contributed by atoms with Crippen molar-refractivity contribution in [3.05, 3.63) is 0 Å². The Bertz CT molecular complexity index is 326. The first-order valence-corrected chi connectivity index (χ1v) is 7.65. The fourth-order valence-corrected chi connectivity index (χ4v) is 2.27. The van der Waals surface area contributed by atoms with Crippen LogP contribution in [-0.2, 0) is 14.3 Å². The zero-order chi connectivity index (χ0) is 16.5. The van der Waals surface area contributed by atoms with Crippen LogP contribution in [0.25, 0.3) is 0 Å². The summed E-state index contributed by atoms with van der Waals surface area (Å²) in [5.41, 5.74) is 5.35. The van der Waals surface area contributed by atoms with Gasteiger partial charge in [0.2, 0.25) is 0 Å². The molecule has 1 aliphatic heterocycles. The van der Waals surface area contributed by atoms with Gasteiger partial charge in [0.05, 0.1) is 13.2 Å². The van der Waals surface area contributed by atoms with Gasteiger partial charge < -0.3 is 35.6 Å². The summed E-state index contributed by atoms with van der Waals surface area (Å²) in [4.78, 5) is 11.5. The topological polar surface area (TPSA) is 142 Å². The van der Waals surface area contributed by atoms with Crippen molar-refractivity contribution in [3.63, 3.8) is 0 Å². The zero-order valence-corrected chi connectivity index (χ0v) is 12.6. The minimum Gasteiger partial charge on any atom is -0.394 e. The Hall–Kier alpha value is -0.610. The van der Waals surface area contributed by atoms with E-state index in [1.165, 1.54) is 0 Å². The second-order valence-electron chi connectivity index (χ2n) is 5.46. The van der Waals surface area contributed by atoms with Gasteiger partial charge in [-0.1, -0.05) is 0 Å². The van der Waals surface area contributed by atoms with Gasteiger partial charge in [0.15, 0.2) is 6.29 Å². The van der Waals surface area contributed by atoms with Crippen molar-refractivity contribution < 1.29 is 34.7 Å². The van der Waals surface area contributed by atoms with Gasteiger partial charge in [0.1, 0.15) is 30.2 Å². The lowest BCUT2D eigenvalue weighted by molar-refractivity contribution is -0.301. The van der Waals surface area contributed by atoms with Crippen molar-refractivity contribution in [2.75, 3.05) is 19.8 Å². The van der Waals surface area contributed by atoms with Crippen molar-refractivity contribution in [2.45, 2.75) is 62.8 Å². The van der Waals surface area contributed by atoms with Gasteiger partial charge in [-0.3, -0.25) is 4.79 Å². The third kappa shape index (κ3) is 5.88. The van der Waals surface area contributed by atoms with Crippen LogP contribution in [0.1, 0.15) is 32.1 Å². The van der Waals surface area contributed by atoms with Gasteiger partial charge >= 0.3 is 0 Å². The minimum absolute atomic E-state index is 0.130. The molecule has 1 saturated heterocycles. The third-order valence-electron chi connectivity index (χ3n) is 3.64. The average Bonchev–Trinajstić information content (AvgIpc) is 2.51. The maximum absolute atomic E-state index is 11.5. The molecule has 8 heteroatoms. The van der Waals surface area contributed by atoms with E-state index in [4.69, 9.17) is 20.3 Å². The summed E-state index contributed by atoms with van der Waals surface area (Å²) >= 11 is 0. The molecular weight excluding hydrogens is 294 g/mol. The first-order chi connectivity index (χ1) is 10.5. The summed E-state index contributed by atoms with van der Waals surface area (Å²) in [5.74, 6) is 0.130. The molecule has 0 aliphatic carbocycles. The predicted molar refractivity (Wildman–Crippen MR) is 76.9 cm³/mol. The summed E-state index contributed by atoms with van der Waals surface area (Å²) in [6.45, 7) is 0.253. The molecule has 5 atom stereocenters. The lowest BCUT2D eigenvalue weighted by Crippen LogP contribution is -2.59. The van der Waals surface area contributed by atoms with Crippen molar-refractivity contribution >= 4 is 5.78 Å². The summed E-state index contributed by atoms with van der Waals surface area (Å²) in [5, 5.41) is 38.0. The van der Waals surface area contributed by atoms with Crippen molar-refractivity contribution in [1.82, 2.24) is 0 Å². The van der Waals surface area contributed by atoms with E-state index in [9.17, 15) is 20.1 Å². The van der Waals surface area contributed by atoms with Crippen LogP contribution in [-0.4, -0.2) is 76.7 Å². The largest absolute Gasteiger partial charge is 0.394 e. The van der Waals surface area contributed by atoms with Gasteiger partial charge in [-0.15, -0.1) is 0 Å². The van der Waals surface area contributed by atoms with Crippen LogP contribution in [0, 0.1) is 0 Å². The fourth-order valence-electron chi connectivity index (χ4n) is 2.27. The van der Waals surface area contributed by atoms with Gasteiger partial charge in [-0.05, 0) is 25.8 Å². The number of carbonyl (C=O) groups is 1. The van der Waals surface area contributed by atoms with Crippen LogP contribution < -0.4 is 5.73 Å². The molecule has 0 amide bonds. The Labute approximate surface area is 129 Å². The highest BCUT2D eigenvalue weighted by atomic mass is 16.7. The molecule has 0 aromatic rings. The molecule has 8 nitrogen and oxygen atoms in total. The SMILES string of the molecule is NCCCCC(=O)CCCO[C@@H]1OC(CO)[C@@H](O)[C@H](O)C1O. The molecule has 0 aromatic heterocycles. The molecule has 2 unspecified atom stereocenters. The Morgan fingerprint density at radius 3 is 2.36 bits per heavy atom. The monoisotopic (exact) mass is 321 g/mol. The van der Waals surface area contributed by atoms with Crippen molar-refractivity contribution in [3.8, 4) is 0 Å². The lowest BCUT2D eigenvalue weighted by Gasteiger charge is -2.39. The number of ketones is 1. The number of unbranched alkanes of at least 4 members (excludes halogenated alkanes) is 1. The molecular formula is C14H27NO7. The molecule has 0 bridgehead atoms. The molecule has 0 radical (unpaired) electrons. The third-order valence-corrected chi connectivity index (χ3v) is 3.64. The van der Waals surface area contributed by atoms with E-state index in [0.29, 0.717) is 25.8 Å². The first-order valence-electron chi connectivity index (χ1n) is 7.65. The number of ether oxygens (including phenoxy) is 2. The first kappa shape index (κ1) is 19.4. The fraction of sp³-hybridized carbons (Fsp3) is 0.929. The molecule has 1 rings (SSSR count). The number of Topliss-reactive ketones (excluding diaryl/α,β-unsaturated/α-hetero) is 1. The highest BCUT2D eigenvalue weighted by Gasteiger charge is 2.43. The van der Waals surface area contributed by atoms with E-state index in [0.717, 1.165) is 12.8 Å². The molecule has 0 aromatic carbocycles. The Balaban J connectivity index is 2.24. The molecule has 130 valence electrons. The Kier molecular flexibility index (Phi) is 9.03. The molecule has 1 heterocycles. The van der Waals surface area contributed by atoms with E-state index in [-0.39, 0.29) is 12.4 Å². The maximum Gasteiger partial charge on any atom is 0.186 e. The van der Waals surface area contributed by atoms with E-state index in [2.05, 4.69) is 0 Å². The second-order valence-corrected chi connectivity index (χ2v) is 5.46. The van der Waals surface area contributed by atoms with E-state index < -0.39 is 37.3 Å². The van der Waals surface area contributed by atoms with Crippen molar-refractivity contribution in [2.24, 2.45) is 5.73 Å². The van der Waals surface area contributed by atoms with E-state index in [1.54, 1.807) is 0 Å². The van der Waals surface area contributed by atoms with Crippen LogP contribution >= 0.6 is 0 Å². The standard InChI is InChI=1S/C14H27NO7/c15-6-2-1-4-9(17)5-3-7-21-14-13(20)12(19)11(18)10(8-16)22-14/h10-14,16,18-20H,1-8,15H2/t10?,11-,12+,13?,14-/m1/s1. The summed E-state index contributed by atoms with van der Waals surface area (Å²) in [6, 6.07) is 0. The van der Waals surface area contributed by atoms with Gasteiger partial charge in [-0.2, -0.15) is 0 Å². The van der Waals surface area contributed by atoms with Crippen molar-refractivity contribution in [1.29, 1.82) is 0 Å². The summed E-state index contributed by atoms with van der Waals surface area (Å²) in [7, 11) is 0. The number of hydrogen-bond acceptors (Lipinski definition) is 8. The number of carbonyl (C=O) groups excluding carboxylic acids is 1. The quantitative estimate of drug-likeness (QED) is 0.299. The minimum atomic E-state index is -1.45. The van der Waals surface area contributed by atoms with Crippen LogP contribution in [0.3, 0.4) is 0 Å². The molecule has 1 fully saturated rings. The molecule has 6 N–H and O–H groups in total. The summed E-state index contributed by atoms with van der Waals surface area (Å²) in [6.07, 6.45) is -3.44. The van der Waals surface area contributed by atoms with E-state index in [1.807, 2.05) is 0 Å². The number of nitrogens with two attached hydrogens (primary N) is 1. The molecule has 22 heavy (non-hydrogen) atoms. The normalized spacial score (nSPS) is 32.1. The van der Waals surface area contributed by atoms with Gasteiger partial charge in [-0.25, -0.2) is 0 Å². The number of hydrogen-bond donors (Lipinski definition) is 5. The van der Waals surface area contributed by atoms with Gasteiger partial charge in [0.25, 0.3) is 0 Å². The van der Waals surface area contributed by atoms with Gasteiger partial charge in [0, 0.05) is 12.8 Å². The van der Waals surface area contributed by atoms with Crippen LogP contribution in [0.2, 0.25) is 0 Å². The highest BCUT2D eigenvalue weighted by molar-refractivity contribution is 5.78. The molecule has 1 aliphatic rings. The lowest BCUT2D eigenvalue weighted by atomic mass is 9.99. The summed E-state index contributed by atoms with van der Waals surface area (Å²) < 4.78 is 10.5. The maximum atomic E-state index is 11.5. The number of aliphatic hydroxyl groups excluding tert-OH is 4. The Morgan fingerprint density at radius 2 is 1.73 bits per heavy atom. The smallest absolute Gasteiger partial charge is 0.186 e.